The summed E-state index contributed by atoms with van der Waals surface area (Å²) in [4.78, 5) is 2.39. The number of halogens is 2. The van der Waals surface area contributed by atoms with Gasteiger partial charge in [0.25, 0.3) is 0 Å². The lowest BCUT2D eigenvalue weighted by atomic mass is 9.86. The van der Waals surface area contributed by atoms with E-state index in [4.69, 9.17) is 0 Å². The SMILES string of the molecule is C.C.CN1CCC(C)(C)C1=CC=CC1=[N+](C)CCC1(C)C.II. The molecular formula is C19H37I2N2+. The Hall–Kier alpha value is 0.410. The molecule has 0 aromatic heterocycles. The molecule has 0 saturated carbocycles. The maximum absolute atomic E-state index is 2.39. The number of likely N-dealkylation sites (tertiary alicyclic amines) is 1. The number of nitrogens with zero attached hydrogens (tertiary/aromatic N) is 2. The van der Waals surface area contributed by atoms with Crippen LogP contribution in [0.4, 0.5) is 0 Å². The van der Waals surface area contributed by atoms with E-state index in [0.29, 0.717) is 10.8 Å². The van der Waals surface area contributed by atoms with Gasteiger partial charge in [0, 0.05) is 74.4 Å². The van der Waals surface area contributed by atoms with E-state index < -0.39 is 0 Å². The molecule has 2 aliphatic heterocycles. The molecule has 0 bridgehead atoms. The van der Waals surface area contributed by atoms with Crippen molar-refractivity contribution in [3.63, 3.8) is 0 Å². The number of hydrogen-bond acceptors (Lipinski definition) is 1. The van der Waals surface area contributed by atoms with Crippen LogP contribution < -0.4 is 0 Å². The van der Waals surface area contributed by atoms with Crippen LogP contribution in [0, 0.1) is 10.8 Å². The van der Waals surface area contributed by atoms with Gasteiger partial charge in [0.2, 0.25) is 0 Å². The fourth-order valence-electron chi connectivity index (χ4n) is 3.36. The van der Waals surface area contributed by atoms with Crippen LogP contribution in [0.2, 0.25) is 0 Å². The molecule has 0 amide bonds. The lowest BCUT2D eigenvalue weighted by Crippen LogP contribution is -2.21. The molecule has 2 heterocycles. The van der Waals surface area contributed by atoms with Crippen LogP contribution in [0.5, 0.6) is 0 Å². The second-order valence-electron chi connectivity index (χ2n) is 7.41. The summed E-state index contributed by atoms with van der Waals surface area (Å²) in [5.41, 5.74) is 3.56. The van der Waals surface area contributed by atoms with Crippen molar-refractivity contribution >= 4 is 42.9 Å². The second-order valence-corrected chi connectivity index (χ2v) is 7.41. The third kappa shape index (κ3) is 6.33. The highest BCUT2D eigenvalue weighted by Crippen LogP contribution is 2.38. The molecule has 0 unspecified atom stereocenters. The molecule has 0 radical (unpaired) electrons. The smallest absolute Gasteiger partial charge is 0.181 e. The van der Waals surface area contributed by atoms with E-state index in [1.807, 2.05) is 0 Å². The number of hydrogen-bond donors (Lipinski definition) is 0. The summed E-state index contributed by atoms with van der Waals surface area (Å²) >= 11 is 4.24. The quantitative estimate of drug-likeness (QED) is 0.289. The zero-order valence-corrected chi connectivity index (χ0v) is 18.5. The molecule has 0 N–H and O–H groups in total. The average Bonchev–Trinajstić information content (AvgIpc) is 2.83. The monoisotopic (exact) mass is 547 g/mol. The van der Waals surface area contributed by atoms with Gasteiger partial charge in [-0.1, -0.05) is 34.8 Å². The van der Waals surface area contributed by atoms with Crippen molar-refractivity contribution in [3.05, 3.63) is 23.9 Å². The van der Waals surface area contributed by atoms with Crippen molar-refractivity contribution in [2.45, 2.75) is 55.4 Å². The second kappa shape index (κ2) is 10.4. The predicted molar refractivity (Wildman–Crippen MR) is 124 cm³/mol. The summed E-state index contributed by atoms with van der Waals surface area (Å²) in [5.74, 6) is 0. The van der Waals surface area contributed by atoms with E-state index in [1.54, 1.807) is 0 Å². The molecule has 136 valence electrons. The van der Waals surface area contributed by atoms with E-state index in [-0.39, 0.29) is 14.9 Å². The fraction of sp³-hybridized carbons (Fsp3) is 0.737. The predicted octanol–water partition coefficient (Wildman–Crippen LogP) is 6.35. The van der Waals surface area contributed by atoms with Crippen LogP contribution in [0.25, 0.3) is 0 Å². The fourth-order valence-corrected chi connectivity index (χ4v) is 3.36. The lowest BCUT2D eigenvalue weighted by molar-refractivity contribution is -0.487. The minimum atomic E-state index is 0. The maximum Gasteiger partial charge on any atom is 0.181 e. The summed E-state index contributed by atoms with van der Waals surface area (Å²) in [5, 5.41) is 0. The first kappa shape index (κ1) is 25.6. The molecule has 2 nitrogen and oxygen atoms in total. The minimum absolute atomic E-state index is 0. The summed E-state index contributed by atoms with van der Waals surface area (Å²) in [6.45, 7) is 11.7. The number of allylic oxidation sites excluding steroid dienone is 4. The summed E-state index contributed by atoms with van der Waals surface area (Å²) in [6, 6.07) is 0. The third-order valence-corrected chi connectivity index (χ3v) is 4.86. The lowest BCUT2D eigenvalue weighted by Gasteiger charge is -2.22. The van der Waals surface area contributed by atoms with Gasteiger partial charge in [0.1, 0.15) is 13.6 Å². The van der Waals surface area contributed by atoms with Crippen molar-refractivity contribution < 1.29 is 4.58 Å². The molecular weight excluding hydrogens is 510 g/mol. The summed E-state index contributed by atoms with van der Waals surface area (Å²) in [6.07, 6.45) is 9.37. The van der Waals surface area contributed by atoms with Gasteiger partial charge >= 0.3 is 0 Å². The summed E-state index contributed by atoms with van der Waals surface area (Å²) in [7, 11) is 4.40. The van der Waals surface area contributed by atoms with Crippen molar-refractivity contribution in [1.29, 1.82) is 0 Å². The Bertz CT molecular complexity index is 460. The zero-order chi connectivity index (χ0) is 16.3. The van der Waals surface area contributed by atoms with E-state index in [0.717, 1.165) is 0 Å². The minimum Gasteiger partial charge on any atom is -0.377 e. The van der Waals surface area contributed by atoms with Gasteiger partial charge in [-0.2, -0.15) is 0 Å². The highest BCUT2D eigenvalue weighted by Gasteiger charge is 2.36. The van der Waals surface area contributed by atoms with Crippen LogP contribution in [-0.2, 0) is 0 Å². The first-order valence-corrected chi connectivity index (χ1v) is 13.9. The molecule has 1 saturated heterocycles. The van der Waals surface area contributed by atoms with Gasteiger partial charge in [0.15, 0.2) is 5.71 Å². The standard InChI is InChI=1S/C17H29N2.2CH4.I2/c1-16(2)10-12-18(5)14(16)8-7-9-15-17(3,4)11-13-19(15)6;;;1-2/h7-9H,10-13H2,1-6H3;2*1H4;/q+1;;;. The van der Waals surface area contributed by atoms with Gasteiger partial charge in [-0.3, -0.25) is 0 Å². The van der Waals surface area contributed by atoms with Crippen molar-refractivity contribution in [3.8, 4) is 0 Å². The van der Waals surface area contributed by atoms with Crippen LogP contribution in [-0.4, -0.2) is 42.4 Å². The van der Waals surface area contributed by atoms with Crippen LogP contribution in [0.15, 0.2) is 23.9 Å². The first-order valence-electron chi connectivity index (χ1n) is 7.57. The van der Waals surface area contributed by atoms with Gasteiger partial charge in [-0.05, 0) is 26.3 Å². The topological polar surface area (TPSA) is 6.25 Å². The van der Waals surface area contributed by atoms with Crippen LogP contribution >= 0.6 is 37.2 Å². The molecule has 0 aromatic rings. The first-order chi connectivity index (χ1) is 9.74. The molecule has 0 spiro atoms. The Morgan fingerprint density at radius 3 is 2.00 bits per heavy atom. The Balaban J connectivity index is 0. The van der Waals surface area contributed by atoms with E-state index in [1.165, 1.54) is 37.3 Å². The van der Waals surface area contributed by atoms with Crippen LogP contribution in [0.3, 0.4) is 0 Å². The molecule has 2 aliphatic rings. The van der Waals surface area contributed by atoms with Crippen molar-refractivity contribution in [2.24, 2.45) is 10.8 Å². The molecule has 4 heteroatoms. The Morgan fingerprint density at radius 1 is 1.04 bits per heavy atom. The normalized spacial score (nSPS) is 23.5. The zero-order valence-electron chi connectivity index (χ0n) is 14.2. The molecule has 1 fully saturated rings. The van der Waals surface area contributed by atoms with Crippen molar-refractivity contribution in [2.75, 3.05) is 27.2 Å². The highest BCUT2D eigenvalue weighted by molar-refractivity contribution is 15.0. The molecule has 0 atom stereocenters. The largest absolute Gasteiger partial charge is 0.377 e. The molecule has 2 rings (SSSR count). The summed E-state index contributed by atoms with van der Waals surface area (Å²) < 4.78 is 2.39. The third-order valence-electron chi connectivity index (χ3n) is 4.86. The molecule has 23 heavy (non-hydrogen) atoms. The Morgan fingerprint density at radius 2 is 1.61 bits per heavy atom. The van der Waals surface area contributed by atoms with Gasteiger partial charge < -0.3 is 4.90 Å². The molecule has 0 aliphatic carbocycles. The maximum atomic E-state index is 2.39. The van der Waals surface area contributed by atoms with E-state index in [2.05, 4.69) is 107 Å². The van der Waals surface area contributed by atoms with Gasteiger partial charge in [0.05, 0.1) is 5.41 Å². The van der Waals surface area contributed by atoms with E-state index >= 15 is 0 Å². The number of rotatable bonds is 2. The average molecular weight is 547 g/mol. The van der Waals surface area contributed by atoms with Crippen LogP contribution in [0.1, 0.15) is 55.4 Å². The van der Waals surface area contributed by atoms with E-state index in [9.17, 15) is 0 Å². The Kier molecular flexibility index (Phi) is 11.6. The molecule has 0 aromatic carbocycles. The Labute approximate surface area is 168 Å². The van der Waals surface area contributed by atoms with Gasteiger partial charge in [-0.25, -0.2) is 4.58 Å². The highest BCUT2D eigenvalue weighted by atomic mass is 128. The van der Waals surface area contributed by atoms with Gasteiger partial charge in [-0.15, -0.1) is 0 Å². The van der Waals surface area contributed by atoms with Crippen molar-refractivity contribution in [1.82, 2.24) is 4.90 Å².